The molecular formula is C47H74N3O22S-. The number of rotatable bonds is 48. The molecule has 1 fully saturated rings. The van der Waals surface area contributed by atoms with Gasteiger partial charge in [0.05, 0.1) is 187 Å². The van der Waals surface area contributed by atoms with Crippen LogP contribution in [0.5, 0.6) is 0 Å². The second-order valence-corrected chi connectivity index (χ2v) is 16.5. The molecule has 73 heavy (non-hydrogen) atoms. The third-order valence-corrected chi connectivity index (χ3v) is 11.1. The number of methoxy groups -OCH3 is 1. The second-order valence-electron chi connectivity index (χ2n) is 15.7. The topological polar surface area (TPSA) is 292 Å². The number of imide groups is 1. The Bertz CT molecular complexity index is 1880. The van der Waals surface area contributed by atoms with Gasteiger partial charge in [-0.3, -0.25) is 19.4 Å². The number of hydroxylamine groups is 2. The van der Waals surface area contributed by atoms with Crippen LogP contribution < -0.4 is 16.6 Å². The van der Waals surface area contributed by atoms with Crippen LogP contribution in [-0.4, -0.2) is 206 Å². The summed E-state index contributed by atoms with van der Waals surface area (Å²) < 4.78 is 75.4. The molecule has 25 nitrogen and oxygen atoms in total. The first-order valence-corrected chi connectivity index (χ1v) is 25.1. The summed E-state index contributed by atoms with van der Waals surface area (Å²) in [4.78, 5) is 69.4. The first kappa shape index (κ1) is 63.4. The zero-order valence-corrected chi connectivity index (χ0v) is 43.0. The lowest BCUT2D eigenvalue weighted by atomic mass is 10.0. The van der Waals surface area contributed by atoms with E-state index in [0.29, 0.717) is 184 Å². The van der Waals surface area contributed by atoms with Crippen molar-refractivity contribution in [2.24, 2.45) is 0 Å². The summed E-state index contributed by atoms with van der Waals surface area (Å²) in [5, 5.41) is 14.8. The molecule has 0 unspecified atom stereocenters. The summed E-state index contributed by atoms with van der Waals surface area (Å²) in [5.41, 5.74) is 6.30. The van der Waals surface area contributed by atoms with Crippen molar-refractivity contribution >= 4 is 52.4 Å². The normalized spacial score (nSPS) is 12.7. The summed E-state index contributed by atoms with van der Waals surface area (Å²) in [5.74, 6) is -2.18. The third-order valence-electron chi connectivity index (χ3n) is 10.4. The molecule has 3 rings (SSSR count). The highest BCUT2D eigenvalue weighted by molar-refractivity contribution is 7.94. The van der Waals surface area contributed by atoms with E-state index in [1.165, 1.54) is 6.07 Å². The van der Waals surface area contributed by atoms with Crippen LogP contribution in [0.1, 0.15) is 49.7 Å². The summed E-state index contributed by atoms with van der Waals surface area (Å²) in [6, 6.07) is 2.98. The molecule has 0 radical (unpaired) electrons. The van der Waals surface area contributed by atoms with Gasteiger partial charge in [-0.25, -0.2) is 9.59 Å². The molecule has 1 aliphatic heterocycles. The lowest BCUT2D eigenvalue weighted by molar-refractivity contribution is -0.777. The van der Waals surface area contributed by atoms with Gasteiger partial charge in [-0.15, -0.1) is 5.06 Å². The van der Waals surface area contributed by atoms with Crippen LogP contribution in [-0.2, 0) is 96.7 Å². The van der Waals surface area contributed by atoms with Crippen LogP contribution in [0.4, 0.5) is 5.69 Å². The number of nitrogens with zero attached hydrogens (tertiary/aromatic N) is 2. The van der Waals surface area contributed by atoms with Gasteiger partial charge in [0.15, 0.2) is 0 Å². The van der Waals surface area contributed by atoms with Gasteiger partial charge in [0, 0.05) is 50.9 Å². The number of hydrogen-bond acceptors (Lipinski definition) is 24. The van der Waals surface area contributed by atoms with Gasteiger partial charge in [0.25, 0.3) is 11.8 Å². The molecule has 0 atom stereocenters. The van der Waals surface area contributed by atoms with E-state index in [9.17, 15) is 29.2 Å². The largest absolute Gasteiger partial charge is 0.691 e. The molecule has 1 aliphatic rings. The molecule has 1 saturated heterocycles. The number of unbranched alkanes of at least 4 members (excludes halogenated alkanes) is 2. The van der Waals surface area contributed by atoms with Gasteiger partial charge < -0.3 is 82.0 Å². The van der Waals surface area contributed by atoms with Gasteiger partial charge in [-0.05, 0) is 31.4 Å². The molecule has 0 saturated carbocycles. The average Bonchev–Trinajstić information content (AvgIpc) is 3.69. The zero-order valence-electron chi connectivity index (χ0n) is 42.1. The fourth-order valence-corrected chi connectivity index (χ4v) is 6.98. The molecule has 1 aromatic heterocycles. The van der Waals surface area contributed by atoms with E-state index in [2.05, 4.69) is 9.37 Å². The van der Waals surface area contributed by atoms with Crippen molar-refractivity contribution in [1.82, 2.24) is 9.96 Å². The van der Waals surface area contributed by atoms with Gasteiger partial charge in [0.1, 0.15) is 5.58 Å². The summed E-state index contributed by atoms with van der Waals surface area (Å²) >= 11 is 0.587. The Hall–Kier alpha value is -3.94. The highest BCUT2D eigenvalue weighted by atomic mass is 32.2. The number of nitrogens with two attached hydrogens (primary N) is 1. The Labute approximate surface area is 429 Å². The number of carbonyl (C=O) groups is 4. The number of amides is 3. The lowest BCUT2D eigenvalue weighted by Crippen LogP contribution is -2.37. The number of fused-ring (bicyclic) bond motifs is 1. The number of aryl methyl sites for hydroxylation is 1. The minimum atomic E-state index is -0.704. The fourth-order valence-electron chi connectivity index (χ4n) is 6.55. The number of nitrogen functional groups attached to an aromatic ring is 1. The maximum atomic E-state index is 13.7. The highest BCUT2D eigenvalue weighted by Crippen LogP contribution is 2.32. The Kier molecular flexibility index (Phi) is 35.9. The van der Waals surface area contributed by atoms with E-state index >= 15 is 0 Å². The molecule has 26 heteroatoms. The fraction of sp³-hybridized carbons (Fsp3) is 0.723. The maximum Gasteiger partial charge on any atom is 0.340 e. The molecule has 0 spiro atoms. The Morgan fingerprint density at radius 1 is 0.630 bits per heavy atom. The van der Waals surface area contributed by atoms with Gasteiger partial charge >= 0.3 is 11.6 Å². The number of ether oxygens (including phenoxy) is 12. The van der Waals surface area contributed by atoms with Crippen molar-refractivity contribution in [3.05, 3.63) is 33.7 Å². The first-order valence-electron chi connectivity index (χ1n) is 24.3. The summed E-state index contributed by atoms with van der Waals surface area (Å²) in [6.07, 6.45) is 1.08. The SMILES string of the molecule is COCCOCCOCCOCCOCCOCCOCCOCCOCCOCCOCCOCCN(CCCCCC(=O)ON1C(=O)CCC1=O)C(=O)Cc1c(C)c2cc(SOO[O-])c(N)cc2oc1=O. The zero-order chi connectivity index (χ0) is 52.6. The summed E-state index contributed by atoms with van der Waals surface area (Å²) in [7, 11) is 1.63. The van der Waals surface area contributed by atoms with E-state index in [1.54, 1.807) is 25.0 Å². The molecule has 1 aromatic carbocycles. The van der Waals surface area contributed by atoms with Crippen molar-refractivity contribution in [2.45, 2.75) is 56.8 Å². The molecule has 2 heterocycles. The molecule has 2 N–H and O–H groups in total. The first-order chi connectivity index (χ1) is 35.7. The quantitative estimate of drug-likeness (QED) is 0.0186. The molecule has 2 aromatic rings. The molecule has 416 valence electrons. The van der Waals surface area contributed by atoms with Gasteiger partial charge in [-0.1, -0.05) is 6.42 Å². The van der Waals surface area contributed by atoms with Crippen LogP contribution in [0.15, 0.2) is 26.2 Å². The van der Waals surface area contributed by atoms with Crippen molar-refractivity contribution in [3.8, 4) is 0 Å². The number of anilines is 1. The van der Waals surface area contributed by atoms with Gasteiger partial charge in [-0.2, -0.15) is 4.33 Å². The molecule has 0 aliphatic carbocycles. The highest BCUT2D eigenvalue weighted by Gasteiger charge is 2.32. The predicted octanol–water partition coefficient (Wildman–Crippen LogP) is 1.28. The van der Waals surface area contributed by atoms with E-state index < -0.39 is 23.4 Å². The van der Waals surface area contributed by atoms with E-state index in [1.807, 2.05) is 0 Å². The predicted molar refractivity (Wildman–Crippen MR) is 256 cm³/mol. The van der Waals surface area contributed by atoms with E-state index in [-0.39, 0.29) is 81.3 Å². The average molecular weight is 1070 g/mol. The van der Waals surface area contributed by atoms with Crippen LogP contribution in [0.2, 0.25) is 0 Å². The molecular weight excluding hydrogens is 991 g/mol. The van der Waals surface area contributed by atoms with Crippen LogP contribution in [0.25, 0.3) is 11.0 Å². The van der Waals surface area contributed by atoms with Crippen molar-refractivity contribution in [2.75, 3.05) is 178 Å². The van der Waals surface area contributed by atoms with Crippen molar-refractivity contribution in [1.29, 1.82) is 0 Å². The van der Waals surface area contributed by atoms with Crippen LogP contribution in [0.3, 0.4) is 0 Å². The number of hydrogen-bond donors (Lipinski definition) is 1. The Morgan fingerprint density at radius 3 is 1.51 bits per heavy atom. The maximum absolute atomic E-state index is 13.7. The smallest absolute Gasteiger partial charge is 0.340 e. The minimum Gasteiger partial charge on any atom is -0.691 e. The van der Waals surface area contributed by atoms with Crippen LogP contribution >= 0.6 is 12.0 Å². The van der Waals surface area contributed by atoms with Gasteiger partial charge in [0.2, 0.25) is 5.91 Å². The standard InChI is InChI=1S/C47H75N3O22S/c1-37-38-34-42(73-72-71-56)40(48)36-41(38)69-47(55)39(37)35-45(53)49(9-5-3-4-6-46(54)70-50-43(51)7-8-44(50)52)10-11-58-14-15-60-18-19-62-22-23-64-26-27-66-30-31-68-33-32-67-29-28-65-25-24-63-21-20-61-17-16-59-13-12-57-2/h34,36,56H,3-33,35,48H2,1-2H3/p-1. The van der Waals surface area contributed by atoms with E-state index in [4.69, 9.17) is 71.8 Å². The molecule has 0 bridgehead atoms. The Balaban J connectivity index is 1.19. The Morgan fingerprint density at radius 2 is 1.07 bits per heavy atom. The van der Waals surface area contributed by atoms with E-state index in [0.717, 1.165) is 0 Å². The third kappa shape index (κ3) is 28.5. The number of carbonyl (C=O) groups excluding carboxylic acids is 4. The van der Waals surface area contributed by atoms with Crippen LogP contribution in [0, 0.1) is 6.92 Å². The summed E-state index contributed by atoms with van der Waals surface area (Å²) in [6.45, 7) is 12.1. The number of benzene rings is 1. The van der Waals surface area contributed by atoms with Crippen molar-refractivity contribution < 1.29 is 99.9 Å². The molecule has 3 amide bonds. The minimum absolute atomic E-state index is 0.000431. The second kappa shape index (κ2) is 41.3. The monoisotopic (exact) mass is 1060 g/mol. The lowest BCUT2D eigenvalue weighted by Gasteiger charge is -2.23. The van der Waals surface area contributed by atoms with Crippen molar-refractivity contribution in [3.63, 3.8) is 0 Å².